The maximum Gasteiger partial charge on any atom is 0.338 e. The third kappa shape index (κ3) is 3.80. The Hall–Kier alpha value is -2.64. The molecule has 1 aromatic carbocycles. The Morgan fingerprint density at radius 3 is 2.69 bits per heavy atom. The first-order valence-corrected chi connectivity index (χ1v) is 10.3. The van der Waals surface area contributed by atoms with Gasteiger partial charge < -0.3 is 9.30 Å². The predicted molar refractivity (Wildman–Crippen MR) is 121 cm³/mol. The van der Waals surface area contributed by atoms with Crippen molar-refractivity contribution in [2.24, 2.45) is 0 Å². The van der Waals surface area contributed by atoms with Crippen LogP contribution in [-0.4, -0.2) is 39.3 Å². The van der Waals surface area contributed by atoms with Crippen molar-refractivity contribution >= 4 is 46.3 Å². The van der Waals surface area contributed by atoms with Gasteiger partial charge in [-0.25, -0.2) is 4.79 Å². The van der Waals surface area contributed by atoms with Crippen LogP contribution in [-0.2, 0) is 9.53 Å². The van der Waals surface area contributed by atoms with Gasteiger partial charge in [-0.2, -0.15) is 0 Å². The van der Waals surface area contributed by atoms with Crippen molar-refractivity contribution in [3.05, 3.63) is 69.9 Å². The molecule has 2 aromatic rings. The summed E-state index contributed by atoms with van der Waals surface area (Å²) in [6.45, 7) is 9.98. The zero-order valence-corrected chi connectivity index (χ0v) is 18.4. The summed E-state index contributed by atoms with van der Waals surface area (Å²) in [6, 6.07) is 7.59. The normalized spacial score (nSPS) is 15.3. The number of aromatic nitrogens is 1. The number of benzene rings is 1. The molecule has 3 rings (SSSR count). The van der Waals surface area contributed by atoms with Gasteiger partial charge in [-0.15, -0.1) is 6.58 Å². The number of hydrogen-bond acceptors (Lipinski definition) is 5. The Labute approximate surface area is 180 Å². The highest BCUT2D eigenvalue weighted by Crippen LogP contribution is 2.34. The van der Waals surface area contributed by atoms with E-state index in [9.17, 15) is 9.59 Å². The molecule has 150 valence electrons. The highest BCUT2D eigenvalue weighted by Gasteiger charge is 2.31. The fourth-order valence-corrected chi connectivity index (χ4v) is 4.69. The molecule has 0 atom stereocenters. The molecular formula is C22H22N2O3S2. The SMILES string of the molecule is C=CCN1C(=O)/C(=C/c2cc(C)n(-c3cccc(C(=O)OC)c3C)c2C)SC1=S. The molecular weight excluding hydrogens is 404 g/mol. The Kier molecular flexibility index (Phi) is 6.10. The van der Waals surface area contributed by atoms with Gasteiger partial charge in [0.25, 0.3) is 5.91 Å². The number of thioether (sulfide) groups is 1. The topological polar surface area (TPSA) is 51.5 Å². The molecule has 1 aliphatic rings. The maximum absolute atomic E-state index is 12.6. The highest BCUT2D eigenvalue weighted by atomic mass is 32.2. The van der Waals surface area contributed by atoms with Crippen LogP contribution in [0.4, 0.5) is 0 Å². The summed E-state index contributed by atoms with van der Waals surface area (Å²) in [5.74, 6) is -0.466. The molecule has 1 fully saturated rings. The van der Waals surface area contributed by atoms with E-state index in [2.05, 4.69) is 11.1 Å². The minimum Gasteiger partial charge on any atom is -0.465 e. The molecule has 0 aliphatic carbocycles. The van der Waals surface area contributed by atoms with Crippen LogP contribution in [0.3, 0.4) is 0 Å². The van der Waals surface area contributed by atoms with Gasteiger partial charge in [-0.1, -0.05) is 36.1 Å². The van der Waals surface area contributed by atoms with Gasteiger partial charge in [0.2, 0.25) is 0 Å². The number of methoxy groups -OCH3 is 1. The third-order valence-electron chi connectivity index (χ3n) is 4.89. The van der Waals surface area contributed by atoms with Crippen molar-refractivity contribution in [1.82, 2.24) is 9.47 Å². The van der Waals surface area contributed by atoms with Crippen LogP contribution in [0.5, 0.6) is 0 Å². The van der Waals surface area contributed by atoms with Crippen LogP contribution < -0.4 is 0 Å². The van der Waals surface area contributed by atoms with Gasteiger partial charge >= 0.3 is 5.97 Å². The van der Waals surface area contributed by atoms with E-state index in [0.717, 1.165) is 28.2 Å². The third-order valence-corrected chi connectivity index (χ3v) is 6.27. The molecule has 0 radical (unpaired) electrons. The molecule has 1 saturated heterocycles. The van der Waals surface area contributed by atoms with Gasteiger partial charge in [0, 0.05) is 23.6 Å². The first kappa shape index (κ1) is 21.1. The second-order valence-corrected chi connectivity index (χ2v) is 8.36. The number of rotatable bonds is 5. The summed E-state index contributed by atoms with van der Waals surface area (Å²) in [5, 5.41) is 0. The lowest BCUT2D eigenvalue weighted by atomic mass is 10.1. The predicted octanol–water partition coefficient (Wildman–Crippen LogP) is 4.58. The fraction of sp³-hybridized carbons (Fsp3) is 0.227. The van der Waals surface area contributed by atoms with Crippen molar-refractivity contribution in [3.63, 3.8) is 0 Å². The Morgan fingerprint density at radius 1 is 1.31 bits per heavy atom. The van der Waals surface area contributed by atoms with E-state index < -0.39 is 0 Å². The van der Waals surface area contributed by atoms with Crippen LogP contribution in [0.15, 0.2) is 41.8 Å². The van der Waals surface area contributed by atoms with Crippen molar-refractivity contribution in [1.29, 1.82) is 0 Å². The lowest BCUT2D eigenvalue weighted by Crippen LogP contribution is -2.27. The molecule has 1 aliphatic heterocycles. The second-order valence-electron chi connectivity index (χ2n) is 6.68. The van der Waals surface area contributed by atoms with E-state index >= 15 is 0 Å². The van der Waals surface area contributed by atoms with Crippen LogP contribution in [0.25, 0.3) is 11.8 Å². The number of amides is 1. The van der Waals surface area contributed by atoms with Crippen LogP contribution in [0.2, 0.25) is 0 Å². The number of thiocarbonyl (C=S) groups is 1. The van der Waals surface area contributed by atoms with Crippen LogP contribution in [0.1, 0.15) is 32.9 Å². The number of esters is 1. The van der Waals surface area contributed by atoms with Gasteiger partial charge in [0.1, 0.15) is 4.32 Å². The lowest BCUT2D eigenvalue weighted by molar-refractivity contribution is -0.121. The smallest absolute Gasteiger partial charge is 0.338 e. The van der Waals surface area contributed by atoms with E-state index in [1.165, 1.54) is 18.9 Å². The summed E-state index contributed by atoms with van der Waals surface area (Å²) in [5.41, 5.74) is 5.18. The molecule has 7 heteroatoms. The average Bonchev–Trinajstić information content (AvgIpc) is 3.11. The molecule has 0 spiro atoms. The van der Waals surface area contributed by atoms with Crippen molar-refractivity contribution in [2.75, 3.05) is 13.7 Å². The van der Waals surface area contributed by atoms with Crippen LogP contribution >= 0.6 is 24.0 Å². The number of hydrogen-bond donors (Lipinski definition) is 0. The van der Waals surface area contributed by atoms with E-state index in [4.69, 9.17) is 17.0 Å². The molecule has 2 heterocycles. The molecule has 0 saturated carbocycles. The molecule has 29 heavy (non-hydrogen) atoms. The van der Waals surface area contributed by atoms with Crippen molar-refractivity contribution in [2.45, 2.75) is 20.8 Å². The Bertz CT molecular complexity index is 1070. The summed E-state index contributed by atoms with van der Waals surface area (Å²) < 4.78 is 7.51. The standard InChI is InChI=1S/C22H22N2O3S2/c1-6-10-23-20(25)19(29-22(23)28)12-16-11-13(2)24(15(16)4)18-9-7-8-17(14(18)3)21(26)27-5/h6-9,11-12H,1,10H2,2-5H3/b19-12-. The summed E-state index contributed by atoms with van der Waals surface area (Å²) in [7, 11) is 1.38. The number of aryl methyl sites for hydroxylation is 1. The quantitative estimate of drug-likeness (QED) is 0.303. The van der Waals surface area contributed by atoms with Gasteiger partial charge in [0.05, 0.1) is 17.6 Å². The van der Waals surface area contributed by atoms with E-state index in [-0.39, 0.29) is 11.9 Å². The first-order valence-electron chi connectivity index (χ1n) is 9.03. The van der Waals surface area contributed by atoms with Crippen molar-refractivity contribution < 1.29 is 14.3 Å². The number of ether oxygens (including phenoxy) is 1. The van der Waals surface area contributed by atoms with Gasteiger partial charge in [-0.3, -0.25) is 9.69 Å². The molecule has 0 bridgehead atoms. The minimum atomic E-state index is -0.363. The summed E-state index contributed by atoms with van der Waals surface area (Å²) in [4.78, 5) is 26.8. The monoisotopic (exact) mass is 426 g/mol. The highest BCUT2D eigenvalue weighted by molar-refractivity contribution is 8.26. The fourth-order valence-electron chi connectivity index (χ4n) is 3.43. The van der Waals surface area contributed by atoms with Crippen molar-refractivity contribution in [3.8, 4) is 5.69 Å². The first-order chi connectivity index (χ1) is 13.8. The number of carbonyl (C=O) groups is 2. The number of carbonyl (C=O) groups excluding carboxylic acids is 2. The molecule has 0 unspecified atom stereocenters. The minimum absolute atomic E-state index is 0.103. The summed E-state index contributed by atoms with van der Waals surface area (Å²) in [6.07, 6.45) is 3.54. The van der Waals surface area contributed by atoms with E-state index in [1.807, 2.05) is 45.0 Å². The molecule has 1 aromatic heterocycles. The number of nitrogens with zero attached hydrogens (tertiary/aromatic N) is 2. The lowest BCUT2D eigenvalue weighted by Gasteiger charge is -2.15. The van der Waals surface area contributed by atoms with Gasteiger partial charge in [-0.05, 0) is 56.2 Å². The summed E-state index contributed by atoms with van der Waals surface area (Å²) >= 11 is 6.61. The van der Waals surface area contributed by atoms with Gasteiger partial charge in [0.15, 0.2) is 0 Å². The average molecular weight is 427 g/mol. The zero-order valence-electron chi connectivity index (χ0n) is 16.8. The largest absolute Gasteiger partial charge is 0.465 e. The Morgan fingerprint density at radius 2 is 2.03 bits per heavy atom. The molecule has 5 nitrogen and oxygen atoms in total. The molecule has 0 N–H and O–H groups in total. The van der Waals surface area contributed by atoms with E-state index in [1.54, 1.807) is 17.0 Å². The zero-order chi connectivity index (χ0) is 21.3. The second kappa shape index (κ2) is 8.39. The van der Waals surface area contributed by atoms with E-state index in [0.29, 0.717) is 21.3 Å². The Balaban J connectivity index is 2.05. The molecule has 1 amide bonds. The maximum atomic E-state index is 12.6. The van der Waals surface area contributed by atoms with Crippen LogP contribution in [0, 0.1) is 20.8 Å².